The molecule has 5 heteroatoms. The van der Waals surface area contributed by atoms with Crippen LogP contribution in [0, 0.1) is 0 Å². The van der Waals surface area contributed by atoms with E-state index in [1.165, 1.54) is 0 Å². The zero-order valence-corrected chi connectivity index (χ0v) is 13.6. The van der Waals surface area contributed by atoms with Gasteiger partial charge in [-0.2, -0.15) is 0 Å². The van der Waals surface area contributed by atoms with Gasteiger partial charge >= 0.3 is 0 Å². The van der Waals surface area contributed by atoms with E-state index in [1.807, 2.05) is 37.3 Å². The highest BCUT2D eigenvalue weighted by atomic mass is 35.5. The Bertz CT molecular complexity index is 656. The third-order valence-corrected chi connectivity index (χ3v) is 3.75. The summed E-state index contributed by atoms with van der Waals surface area (Å²) in [6, 6.07) is 16.0. The molecule has 0 unspecified atom stereocenters. The van der Waals surface area contributed by atoms with Crippen molar-refractivity contribution in [3.05, 3.63) is 70.7 Å². The van der Waals surface area contributed by atoms with Crippen LogP contribution in [-0.4, -0.2) is 11.8 Å². The quantitative estimate of drug-likeness (QED) is 0.821. The summed E-state index contributed by atoms with van der Waals surface area (Å²) in [7, 11) is 0. The smallest absolute Gasteiger partial charge is 0.269 e. The van der Waals surface area contributed by atoms with Gasteiger partial charge in [0.25, 0.3) is 5.91 Å². The normalized spacial score (nSPS) is 11.6. The average molecular weight is 331 g/mol. The van der Waals surface area contributed by atoms with Gasteiger partial charge in [-0.3, -0.25) is 20.4 Å². The number of carbonyl (C=O) groups is 2. The number of benzene rings is 2. The molecule has 120 valence electrons. The van der Waals surface area contributed by atoms with Crippen molar-refractivity contribution in [2.24, 2.45) is 0 Å². The third kappa shape index (κ3) is 4.83. The lowest BCUT2D eigenvalue weighted by molar-refractivity contribution is -0.123. The molecule has 0 aliphatic heterocycles. The Morgan fingerprint density at radius 2 is 1.65 bits per heavy atom. The van der Waals surface area contributed by atoms with Gasteiger partial charge in [-0.1, -0.05) is 55.3 Å². The van der Waals surface area contributed by atoms with Gasteiger partial charge in [0.15, 0.2) is 0 Å². The van der Waals surface area contributed by atoms with Crippen LogP contribution in [0.1, 0.15) is 41.6 Å². The van der Waals surface area contributed by atoms with Gasteiger partial charge in [0, 0.05) is 10.6 Å². The second-order valence-corrected chi connectivity index (χ2v) is 5.64. The van der Waals surface area contributed by atoms with Crippen molar-refractivity contribution in [1.82, 2.24) is 10.9 Å². The van der Waals surface area contributed by atoms with Crippen molar-refractivity contribution in [3.63, 3.8) is 0 Å². The van der Waals surface area contributed by atoms with Gasteiger partial charge in [-0.25, -0.2) is 0 Å². The van der Waals surface area contributed by atoms with Crippen LogP contribution in [-0.2, 0) is 4.79 Å². The molecule has 0 spiro atoms. The summed E-state index contributed by atoms with van der Waals surface area (Å²) in [4.78, 5) is 24.4. The number of carbonyl (C=O) groups excluding carboxylic acids is 2. The van der Waals surface area contributed by atoms with Crippen LogP contribution in [0.5, 0.6) is 0 Å². The fraction of sp³-hybridized carbons (Fsp3) is 0.222. The maximum atomic E-state index is 12.4. The summed E-state index contributed by atoms with van der Waals surface area (Å²) in [6.07, 6.45) is 1.59. The highest BCUT2D eigenvalue weighted by Gasteiger charge is 2.20. The van der Waals surface area contributed by atoms with E-state index in [4.69, 9.17) is 11.6 Å². The lowest BCUT2D eigenvalue weighted by atomic mass is 9.94. The molecule has 1 atom stereocenters. The molecule has 0 bridgehead atoms. The van der Waals surface area contributed by atoms with Crippen LogP contribution in [0.25, 0.3) is 0 Å². The summed E-state index contributed by atoms with van der Waals surface area (Å²) in [6.45, 7) is 2.02. The summed E-state index contributed by atoms with van der Waals surface area (Å²) in [5.74, 6) is -0.884. The molecular weight excluding hydrogens is 312 g/mol. The summed E-state index contributed by atoms with van der Waals surface area (Å²) in [5, 5.41) is 0.553. The SMILES string of the molecule is CCC[C@H](C(=O)NNC(=O)c1ccc(Cl)cc1)c1ccccc1. The van der Waals surface area contributed by atoms with Crippen LogP contribution in [0.4, 0.5) is 0 Å². The minimum atomic E-state index is -0.377. The molecule has 2 amide bonds. The molecule has 2 N–H and O–H groups in total. The van der Waals surface area contributed by atoms with E-state index in [1.54, 1.807) is 24.3 Å². The molecular formula is C18H19ClN2O2. The first-order chi connectivity index (χ1) is 11.1. The van der Waals surface area contributed by atoms with Crippen LogP contribution in [0.3, 0.4) is 0 Å². The second-order valence-electron chi connectivity index (χ2n) is 5.20. The number of hydrazine groups is 1. The van der Waals surface area contributed by atoms with Crippen molar-refractivity contribution >= 4 is 23.4 Å². The first-order valence-corrected chi connectivity index (χ1v) is 7.90. The lowest BCUT2D eigenvalue weighted by Crippen LogP contribution is -2.44. The molecule has 0 aliphatic carbocycles. The minimum Gasteiger partial charge on any atom is -0.273 e. The Kier molecular flexibility index (Phi) is 6.18. The van der Waals surface area contributed by atoms with Gasteiger partial charge in [0.05, 0.1) is 5.92 Å². The third-order valence-electron chi connectivity index (χ3n) is 3.50. The molecule has 0 saturated carbocycles. The Labute approximate surface area is 140 Å². The van der Waals surface area contributed by atoms with Gasteiger partial charge in [-0.05, 0) is 36.2 Å². The molecule has 0 aliphatic rings. The largest absolute Gasteiger partial charge is 0.273 e. The number of hydrogen-bond acceptors (Lipinski definition) is 2. The van der Waals surface area contributed by atoms with Gasteiger partial charge in [-0.15, -0.1) is 0 Å². The van der Waals surface area contributed by atoms with E-state index in [2.05, 4.69) is 10.9 Å². The van der Waals surface area contributed by atoms with Gasteiger partial charge < -0.3 is 0 Å². The molecule has 0 saturated heterocycles. The lowest BCUT2D eigenvalue weighted by Gasteiger charge is -2.17. The molecule has 0 aromatic heterocycles. The second kappa shape index (κ2) is 8.34. The zero-order chi connectivity index (χ0) is 16.7. The topological polar surface area (TPSA) is 58.2 Å². The molecule has 0 fully saturated rings. The molecule has 2 aromatic rings. The first kappa shape index (κ1) is 17.0. The Morgan fingerprint density at radius 3 is 2.26 bits per heavy atom. The zero-order valence-electron chi connectivity index (χ0n) is 12.9. The molecule has 4 nitrogen and oxygen atoms in total. The predicted octanol–water partition coefficient (Wildman–Crippen LogP) is 3.68. The highest BCUT2D eigenvalue weighted by Crippen LogP contribution is 2.21. The monoisotopic (exact) mass is 330 g/mol. The number of halogens is 1. The average Bonchev–Trinajstić information content (AvgIpc) is 2.58. The molecule has 23 heavy (non-hydrogen) atoms. The van der Waals surface area contributed by atoms with E-state index in [-0.39, 0.29) is 17.7 Å². The standard InChI is InChI=1S/C18H19ClN2O2/c1-2-6-16(13-7-4-3-5-8-13)18(23)21-20-17(22)14-9-11-15(19)12-10-14/h3-5,7-12,16H,2,6H2,1H3,(H,20,22)(H,21,23)/t16-/m0/s1. The van der Waals surface area contributed by atoms with E-state index < -0.39 is 0 Å². The Balaban J connectivity index is 1.99. The van der Waals surface area contributed by atoms with E-state index in [9.17, 15) is 9.59 Å². The van der Waals surface area contributed by atoms with Crippen molar-refractivity contribution in [2.75, 3.05) is 0 Å². The van der Waals surface area contributed by atoms with Gasteiger partial charge in [0.1, 0.15) is 0 Å². The number of amides is 2. The van der Waals surface area contributed by atoms with E-state index in [0.717, 1.165) is 12.0 Å². The van der Waals surface area contributed by atoms with Crippen molar-refractivity contribution in [2.45, 2.75) is 25.7 Å². The maximum absolute atomic E-state index is 12.4. The van der Waals surface area contributed by atoms with Crippen LogP contribution < -0.4 is 10.9 Å². The van der Waals surface area contributed by atoms with Gasteiger partial charge in [0.2, 0.25) is 5.91 Å². The van der Waals surface area contributed by atoms with Crippen molar-refractivity contribution in [1.29, 1.82) is 0 Å². The Morgan fingerprint density at radius 1 is 1.00 bits per heavy atom. The molecule has 0 heterocycles. The van der Waals surface area contributed by atoms with E-state index in [0.29, 0.717) is 17.0 Å². The highest BCUT2D eigenvalue weighted by molar-refractivity contribution is 6.30. The summed E-state index contributed by atoms with van der Waals surface area (Å²) in [5.41, 5.74) is 6.32. The van der Waals surface area contributed by atoms with Crippen molar-refractivity contribution < 1.29 is 9.59 Å². The van der Waals surface area contributed by atoms with Crippen LogP contribution in [0.15, 0.2) is 54.6 Å². The number of hydrogen-bond donors (Lipinski definition) is 2. The fourth-order valence-electron chi connectivity index (χ4n) is 2.30. The summed E-state index contributed by atoms with van der Waals surface area (Å²) < 4.78 is 0. The maximum Gasteiger partial charge on any atom is 0.269 e. The molecule has 2 rings (SSSR count). The Hall–Kier alpha value is -2.33. The first-order valence-electron chi connectivity index (χ1n) is 7.52. The summed E-state index contributed by atoms with van der Waals surface area (Å²) >= 11 is 5.79. The predicted molar refractivity (Wildman–Crippen MR) is 91.2 cm³/mol. The van der Waals surface area contributed by atoms with Crippen LogP contribution in [0.2, 0.25) is 5.02 Å². The fourth-order valence-corrected chi connectivity index (χ4v) is 2.43. The number of rotatable bonds is 5. The molecule has 2 aromatic carbocycles. The van der Waals surface area contributed by atoms with Crippen molar-refractivity contribution in [3.8, 4) is 0 Å². The minimum absolute atomic E-state index is 0.222. The number of nitrogens with one attached hydrogen (secondary N) is 2. The van der Waals surface area contributed by atoms with E-state index >= 15 is 0 Å². The molecule has 0 radical (unpaired) electrons. The van der Waals surface area contributed by atoms with Crippen LogP contribution >= 0.6 is 11.6 Å².